The average Bonchev–Trinajstić information content (AvgIpc) is 2.53. The molecule has 0 aliphatic rings. The summed E-state index contributed by atoms with van der Waals surface area (Å²) in [6.45, 7) is 2.04. The number of hydrogen-bond donors (Lipinski definition) is 1. The van der Waals surface area contributed by atoms with E-state index in [9.17, 15) is 4.79 Å². The van der Waals surface area contributed by atoms with Crippen LogP contribution in [0, 0.1) is 6.92 Å². The molecule has 1 N–H and O–H groups in total. The van der Waals surface area contributed by atoms with Gasteiger partial charge in [-0.1, -0.05) is 41.4 Å². The second-order valence-electron chi connectivity index (χ2n) is 4.81. The smallest absolute Gasteiger partial charge is 0.267 e. The summed E-state index contributed by atoms with van der Waals surface area (Å²) in [5.41, 5.74) is 6.18. The predicted molar refractivity (Wildman–Crippen MR) is 95.0 cm³/mol. The SMILES string of the molecule is CSCC(=NNC(=O)c1ccc(Cl)cc1)c1ccc(C)cc1. The minimum Gasteiger partial charge on any atom is -0.267 e. The molecule has 0 aromatic heterocycles. The minimum absolute atomic E-state index is 0.248. The number of rotatable bonds is 5. The topological polar surface area (TPSA) is 41.5 Å². The van der Waals surface area contributed by atoms with Gasteiger partial charge in [-0.15, -0.1) is 0 Å². The summed E-state index contributed by atoms with van der Waals surface area (Å²) in [6, 6.07) is 14.8. The highest BCUT2D eigenvalue weighted by atomic mass is 35.5. The van der Waals surface area contributed by atoms with Crippen LogP contribution in [0.3, 0.4) is 0 Å². The van der Waals surface area contributed by atoms with Crippen molar-refractivity contribution < 1.29 is 4.79 Å². The number of nitrogens with zero attached hydrogens (tertiary/aromatic N) is 1. The van der Waals surface area contributed by atoms with Crippen LogP contribution in [0.15, 0.2) is 53.6 Å². The maximum atomic E-state index is 12.1. The highest BCUT2D eigenvalue weighted by molar-refractivity contribution is 7.99. The number of benzene rings is 2. The monoisotopic (exact) mass is 332 g/mol. The van der Waals surface area contributed by atoms with Gasteiger partial charge in [0.15, 0.2) is 0 Å². The minimum atomic E-state index is -0.248. The largest absolute Gasteiger partial charge is 0.271 e. The first kappa shape index (κ1) is 16.6. The van der Waals surface area contributed by atoms with Gasteiger partial charge >= 0.3 is 0 Å². The molecule has 0 radical (unpaired) electrons. The summed E-state index contributed by atoms with van der Waals surface area (Å²) in [7, 11) is 0. The molecule has 1 amide bonds. The van der Waals surface area contributed by atoms with E-state index < -0.39 is 0 Å². The fourth-order valence-corrected chi connectivity index (χ4v) is 2.48. The van der Waals surface area contributed by atoms with Crippen molar-refractivity contribution in [2.24, 2.45) is 5.10 Å². The van der Waals surface area contributed by atoms with E-state index in [4.69, 9.17) is 11.6 Å². The van der Waals surface area contributed by atoms with Gasteiger partial charge in [0, 0.05) is 16.3 Å². The average molecular weight is 333 g/mol. The van der Waals surface area contributed by atoms with E-state index in [1.54, 1.807) is 36.0 Å². The van der Waals surface area contributed by atoms with E-state index in [0.717, 1.165) is 17.0 Å². The van der Waals surface area contributed by atoms with Gasteiger partial charge in [-0.2, -0.15) is 16.9 Å². The van der Waals surface area contributed by atoms with Crippen LogP contribution in [-0.2, 0) is 0 Å². The second kappa shape index (κ2) is 8.01. The molecule has 5 heteroatoms. The van der Waals surface area contributed by atoms with Crippen molar-refractivity contribution in [2.75, 3.05) is 12.0 Å². The number of halogens is 1. The number of aryl methyl sites for hydroxylation is 1. The normalized spacial score (nSPS) is 11.3. The molecule has 0 unspecified atom stereocenters. The summed E-state index contributed by atoms with van der Waals surface area (Å²) < 4.78 is 0. The molecule has 114 valence electrons. The van der Waals surface area contributed by atoms with Crippen molar-refractivity contribution in [3.05, 3.63) is 70.2 Å². The first-order chi connectivity index (χ1) is 10.6. The highest BCUT2D eigenvalue weighted by Gasteiger charge is 2.07. The van der Waals surface area contributed by atoms with Crippen molar-refractivity contribution in [2.45, 2.75) is 6.92 Å². The number of hydrogen-bond acceptors (Lipinski definition) is 3. The van der Waals surface area contributed by atoms with Crippen LogP contribution in [0.5, 0.6) is 0 Å². The fourth-order valence-electron chi connectivity index (χ4n) is 1.85. The number of nitrogens with one attached hydrogen (secondary N) is 1. The molecule has 0 heterocycles. The van der Waals surface area contributed by atoms with Gasteiger partial charge in [0.25, 0.3) is 5.91 Å². The standard InChI is InChI=1S/C17H17ClN2OS/c1-12-3-5-13(6-4-12)16(11-22-2)19-20-17(21)14-7-9-15(18)10-8-14/h3-10H,11H2,1-2H3,(H,20,21). The van der Waals surface area contributed by atoms with E-state index in [-0.39, 0.29) is 5.91 Å². The third-order valence-electron chi connectivity index (χ3n) is 3.06. The van der Waals surface area contributed by atoms with Crippen LogP contribution in [-0.4, -0.2) is 23.6 Å². The molecular formula is C17H17ClN2OS. The Bertz CT molecular complexity index is 666. The molecule has 0 saturated heterocycles. The van der Waals surface area contributed by atoms with Gasteiger partial charge in [-0.3, -0.25) is 4.79 Å². The van der Waals surface area contributed by atoms with Crippen LogP contribution in [0.1, 0.15) is 21.5 Å². The lowest BCUT2D eigenvalue weighted by Crippen LogP contribution is -2.21. The summed E-state index contributed by atoms with van der Waals surface area (Å²) in [5, 5.41) is 4.88. The third kappa shape index (κ3) is 4.61. The zero-order chi connectivity index (χ0) is 15.9. The number of amides is 1. The summed E-state index contributed by atoms with van der Waals surface area (Å²) >= 11 is 7.47. The molecule has 0 spiro atoms. The molecule has 0 atom stereocenters. The summed E-state index contributed by atoms with van der Waals surface area (Å²) in [5.74, 6) is 0.478. The van der Waals surface area contributed by atoms with Gasteiger partial charge in [-0.25, -0.2) is 5.43 Å². The number of hydrazone groups is 1. The van der Waals surface area contributed by atoms with E-state index in [1.165, 1.54) is 5.56 Å². The molecule has 0 aliphatic carbocycles. The first-order valence-corrected chi connectivity index (χ1v) is 8.56. The Hall–Kier alpha value is -1.78. The van der Waals surface area contributed by atoms with Crippen LogP contribution in [0.4, 0.5) is 0 Å². The van der Waals surface area contributed by atoms with Gasteiger partial charge in [0.1, 0.15) is 0 Å². The van der Waals surface area contributed by atoms with Crippen molar-refractivity contribution in [3.8, 4) is 0 Å². The Balaban J connectivity index is 2.14. The number of thioether (sulfide) groups is 1. The van der Waals surface area contributed by atoms with E-state index in [0.29, 0.717) is 10.6 Å². The molecule has 2 aromatic rings. The summed E-state index contributed by atoms with van der Waals surface area (Å²) in [6.07, 6.45) is 2.00. The van der Waals surface area contributed by atoms with Crippen molar-refractivity contribution >= 4 is 35.0 Å². The molecule has 0 bridgehead atoms. The second-order valence-corrected chi connectivity index (χ2v) is 6.11. The maximum absolute atomic E-state index is 12.1. The molecule has 0 saturated carbocycles. The maximum Gasteiger partial charge on any atom is 0.271 e. The number of carbonyl (C=O) groups is 1. The van der Waals surface area contributed by atoms with Gasteiger partial charge in [-0.05, 0) is 43.0 Å². The fraction of sp³-hybridized carbons (Fsp3) is 0.176. The molecule has 0 aliphatic heterocycles. The lowest BCUT2D eigenvalue weighted by atomic mass is 10.1. The van der Waals surface area contributed by atoms with E-state index in [1.807, 2.05) is 37.4 Å². The third-order valence-corrected chi connectivity index (χ3v) is 3.88. The lowest BCUT2D eigenvalue weighted by Gasteiger charge is -2.07. The molecular weight excluding hydrogens is 316 g/mol. The van der Waals surface area contributed by atoms with Crippen LogP contribution >= 0.6 is 23.4 Å². The Labute approximate surface area is 139 Å². The first-order valence-electron chi connectivity index (χ1n) is 6.78. The Kier molecular flexibility index (Phi) is 6.04. The van der Waals surface area contributed by atoms with Crippen LogP contribution in [0.25, 0.3) is 0 Å². The predicted octanol–water partition coefficient (Wildman–Crippen LogP) is 4.15. The van der Waals surface area contributed by atoms with Gasteiger partial charge in [0.05, 0.1) is 5.71 Å². The van der Waals surface area contributed by atoms with Crippen molar-refractivity contribution in [1.82, 2.24) is 5.43 Å². The summed E-state index contributed by atoms with van der Waals surface area (Å²) in [4.78, 5) is 12.1. The zero-order valence-corrected chi connectivity index (χ0v) is 14.0. The molecule has 2 rings (SSSR count). The number of carbonyl (C=O) groups excluding carboxylic acids is 1. The van der Waals surface area contributed by atoms with Crippen LogP contribution in [0.2, 0.25) is 5.02 Å². The van der Waals surface area contributed by atoms with Gasteiger partial charge < -0.3 is 0 Å². The van der Waals surface area contributed by atoms with E-state index >= 15 is 0 Å². The van der Waals surface area contributed by atoms with Crippen molar-refractivity contribution in [1.29, 1.82) is 0 Å². The van der Waals surface area contributed by atoms with Gasteiger partial charge in [0.2, 0.25) is 0 Å². The van der Waals surface area contributed by atoms with E-state index in [2.05, 4.69) is 10.5 Å². The molecule has 3 nitrogen and oxygen atoms in total. The van der Waals surface area contributed by atoms with Crippen molar-refractivity contribution in [3.63, 3.8) is 0 Å². The lowest BCUT2D eigenvalue weighted by molar-refractivity contribution is 0.0955. The Morgan fingerprint density at radius 3 is 2.27 bits per heavy atom. The zero-order valence-electron chi connectivity index (χ0n) is 12.5. The molecule has 0 fully saturated rings. The Morgan fingerprint density at radius 2 is 1.68 bits per heavy atom. The molecule has 2 aromatic carbocycles. The van der Waals surface area contributed by atoms with Crippen LogP contribution < -0.4 is 5.43 Å². The molecule has 22 heavy (non-hydrogen) atoms. The Morgan fingerprint density at radius 1 is 1.09 bits per heavy atom. The highest BCUT2D eigenvalue weighted by Crippen LogP contribution is 2.10. The quantitative estimate of drug-likeness (QED) is 0.660.